The van der Waals surface area contributed by atoms with Crippen molar-refractivity contribution < 1.29 is 33.8 Å². The second-order valence-electron chi connectivity index (χ2n) is 29.3. The number of aryl methyl sites for hydroxylation is 6. The Balaban J connectivity index is 0.000000149. The van der Waals surface area contributed by atoms with Gasteiger partial charge >= 0.3 is 19.3 Å². The second kappa shape index (κ2) is 37.1. The molecular formula is C84H89BCl2N20O11. The lowest BCUT2D eigenvalue weighted by Gasteiger charge is -2.19. The molecule has 0 saturated carbocycles. The Morgan fingerprint density at radius 3 is 1.03 bits per heavy atom. The minimum Gasteiger partial charge on any atom is -0.494 e. The molecule has 8 heterocycles. The minimum absolute atomic E-state index is 0.104. The van der Waals surface area contributed by atoms with E-state index < -0.39 is 30.5 Å². The molecule has 118 heavy (non-hydrogen) atoms. The van der Waals surface area contributed by atoms with Gasteiger partial charge in [-0.15, -0.1) is 0 Å². The number of alkyl carbamates (subject to hydrolysis) is 2. The molecule has 15 rings (SSSR count). The lowest BCUT2D eigenvalue weighted by Crippen LogP contribution is -2.32. The molecular weight excluding hydrogens is 1550 g/mol. The molecule has 0 aliphatic rings. The normalized spacial score (nSPS) is 11.2. The van der Waals surface area contributed by atoms with Gasteiger partial charge in [-0.1, -0.05) is 119 Å². The van der Waals surface area contributed by atoms with Gasteiger partial charge in [0.05, 0.1) is 100 Å². The Bertz CT molecular complexity index is 6400. The van der Waals surface area contributed by atoms with Gasteiger partial charge in [-0.05, 0) is 151 Å². The van der Waals surface area contributed by atoms with E-state index in [4.69, 9.17) is 58.9 Å². The van der Waals surface area contributed by atoms with E-state index in [-0.39, 0.29) is 48.4 Å². The Morgan fingerprint density at radius 1 is 0.432 bits per heavy atom. The molecule has 0 atom stereocenters. The number of nitrogens with zero attached hydrogens (tertiary/aromatic N) is 12. The molecule has 15 aromatic rings. The Labute approximate surface area is 686 Å². The summed E-state index contributed by atoms with van der Waals surface area (Å²) in [5.74, 6) is 0.738. The Hall–Kier alpha value is -13.2. The zero-order chi connectivity index (χ0) is 85.0. The van der Waals surface area contributed by atoms with Crippen LogP contribution in [-0.4, -0.2) is 127 Å². The number of nitrogens with two attached hydrogens (primary N) is 2. The molecule has 0 unspecified atom stereocenters. The van der Waals surface area contributed by atoms with Crippen molar-refractivity contribution in [2.75, 3.05) is 6.61 Å². The van der Waals surface area contributed by atoms with Gasteiger partial charge in [0.25, 0.3) is 22.2 Å². The highest BCUT2D eigenvalue weighted by Gasteiger charge is 2.23. The van der Waals surface area contributed by atoms with Crippen molar-refractivity contribution in [1.29, 1.82) is 0 Å². The van der Waals surface area contributed by atoms with E-state index in [1.807, 2.05) is 91.3 Å². The lowest BCUT2D eigenvalue weighted by atomic mass is 9.80. The predicted octanol–water partition coefficient (Wildman–Crippen LogP) is 11.3. The lowest BCUT2D eigenvalue weighted by molar-refractivity contribution is 0.0511. The molecule has 7 aromatic carbocycles. The summed E-state index contributed by atoms with van der Waals surface area (Å²) >= 11 is 12.5. The first-order valence-electron chi connectivity index (χ1n) is 37.2. The smallest absolute Gasteiger partial charge is 0.488 e. The fraction of sp³-hybridized carbons (Fsp3) is 0.238. The number of aromatic amines is 4. The van der Waals surface area contributed by atoms with Crippen LogP contribution in [0.4, 0.5) is 9.59 Å². The molecule has 0 aliphatic carbocycles. The summed E-state index contributed by atoms with van der Waals surface area (Å²) in [6, 6.07) is 45.3. The first-order chi connectivity index (χ1) is 56.2. The predicted molar refractivity (Wildman–Crippen MR) is 458 cm³/mol. The van der Waals surface area contributed by atoms with Gasteiger partial charge in [0.15, 0.2) is 0 Å². The molecule has 0 spiro atoms. The van der Waals surface area contributed by atoms with Crippen molar-refractivity contribution in [3.63, 3.8) is 0 Å². The van der Waals surface area contributed by atoms with E-state index >= 15 is 0 Å². The van der Waals surface area contributed by atoms with Crippen LogP contribution < -0.4 is 54.5 Å². The molecule has 31 nitrogen and oxygen atoms in total. The maximum Gasteiger partial charge on any atom is 0.488 e. The molecule has 608 valence electrons. The van der Waals surface area contributed by atoms with Crippen molar-refractivity contribution in [2.24, 2.45) is 39.7 Å². The number of nitrogens with one attached hydrogen (secondary N) is 6. The number of rotatable bonds is 15. The Kier molecular flexibility index (Phi) is 27.0. The van der Waals surface area contributed by atoms with Crippen LogP contribution in [0.2, 0.25) is 10.3 Å². The van der Waals surface area contributed by atoms with Gasteiger partial charge in [0.2, 0.25) is 0 Å². The number of carbonyl (C=O) groups is 2. The van der Waals surface area contributed by atoms with Gasteiger partial charge in [-0.25, -0.2) is 30.0 Å². The maximum absolute atomic E-state index is 12.4. The van der Waals surface area contributed by atoms with Crippen LogP contribution in [0.5, 0.6) is 5.75 Å². The zero-order valence-corrected chi connectivity index (χ0v) is 68.6. The van der Waals surface area contributed by atoms with Crippen molar-refractivity contribution in [2.45, 2.75) is 99.7 Å². The molecule has 8 aromatic heterocycles. The van der Waals surface area contributed by atoms with Crippen molar-refractivity contribution in [3.05, 3.63) is 256 Å². The number of ether oxygens (including phenoxy) is 3. The van der Waals surface area contributed by atoms with E-state index in [0.29, 0.717) is 77.5 Å². The molecule has 34 heteroatoms. The molecule has 0 radical (unpaired) electrons. The van der Waals surface area contributed by atoms with Crippen LogP contribution in [0.1, 0.15) is 82.4 Å². The van der Waals surface area contributed by atoms with E-state index in [0.717, 1.165) is 83.5 Å². The number of benzene rings is 7. The molecule has 2 amide bonds. The number of halogens is 2. The monoisotopic (exact) mass is 1630 g/mol. The van der Waals surface area contributed by atoms with Crippen molar-refractivity contribution in [1.82, 2.24) is 90.5 Å². The second-order valence-corrected chi connectivity index (χ2v) is 30.0. The standard InChI is InChI=1S/C25H27N5O3.C20H19N5O.C18H20ClN5O3.C13H12ClN5O.C8H11BO3/c1-15-6-8-16(9-7-15)22-20(13-27-30(22)5)17-10-11-18-19(12-17)21(28-29-23(18)31)14-26-24(32)33-25(2,3)4;1-12-3-5-13(6-4-12)19-17(11-22-25(19)2)14-7-8-15-16(9-14)18(10-21)23-24-20(15)26;1-18(2,3)27-17(26)20-9-14-12-7-10(13-8-21-24(4)15(13)19)5-6-11(12)16(25)23-22-14;1-19-12(14)10(6-16-19)7-2-3-8-9(4-7)11(5-15)17-18-13(8)20;1-2-12-8-5-3-7(4-6-8)9(10)11/h6-13H,14H2,1-5H3,(H,26,32)(H,29,31);3-9,11H,10,21H2,1-2H3,(H,24,26);5-8H,9H2,1-4H3,(H,20,26)(H,23,25);2-4,6H,5,15H2,1H3,(H,18,20);3-6,10-11H,2H2,1H3. The Morgan fingerprint density at radius 2 is 0.729 bits per heavy atom. The molecule has 0 aliphatic heterocycles. The summed E-state index contributed by atoms with van der Waals surface area (Å²) in [7, 11) is 5.94. The quantitative estimate of drug-likeness (QED) is 0.0426. The summed E-state index contributed by atoms with van der Waals surface area (Å²) in [5, 5.41) is 72.1. The van der Waals surface area contributed by atoms with Crippen molar-refractivity contribution in [3.8, 4) is 72.8 Å². The number of carbonyl (C=O) groups excluding carboxylic acids is 2. The number of aromatic nitrogens is 16. The van der Waals surface area contributed by atoms with Gasteiger partial charge in [-0.3, -0.25) is 37.9 Å². The van der Waals surface area contributed by atoms with Gasteiger partial charge in [0.1, 0.15) is 27.3 Å². The first kappa shape index (κ1) is 85.6. The average Bonchev–Trinajstić information content (AvgIpc) is 1.41. The van der Waals surface area contributed by atoms with Crippen LogP contribution in [0.25, 0.3) is 110 Å². The first-order valence-corrected chi connectivity index (χ1v) is 38.0. The van der Waals surface area contributed by atoms with Crippen LogP contribution >= 0.6 is 23.2 Å². The summed E-state index contributed by atoms with van der Waals surface area (Å²) in [6.45, 7) is 18.1. The van der Waals surface area contributed by atoms with Gasteiger partial charge in [-0.2, -0.15) is 40.8 Å². The van der Waals surface area contributed by atoms with Gasteiger partial charge in [0, 0.05) is 96.2 Å². The summed E-state index contributed by atoms with van der Waals surface area (Å²) in [5.41, 5.74) is 25.6. The number of hydrogen-bond donors (Lipinski definition) is 10. The molecule has 0 fully saturated rings. The van der Waals surface area contributed by atoms with E-state index in [9.17, 15) is 28.8 Å². The highest BCUT2D eigenvalue weighted by Crippen LogP contribution is 2.37. The highest BCUT2D eigenvalue weighted by atomic mass is 35.5. The topological polar surface area (TPSA) is 433 Å². The van der Waals surface area contributed by atoms with Crippen LogP contribution in [0.15, 0.2) is 190 Å². The minimum atomic E-state index is -1.40. The summed E-state index contributed by atoms with van der Waals surface area (Å²) in [4.78, 5) is 72.3. The van der Waals surface area contributed by atoms with Crippen molar-refractivity contribution >= 4 is 91.1 Å². The summed E-state index contributed by atoms with van der Waals surface area (Å²) in [6.07, 6.45) is 5.90. The van der Waals surface area contributed by atoms with E-state index in [2.05, 4.69) is 134 Å². The average molecular weight is 1640 g/mol. The zero-order valence-electron chi connectivity index (χ0n) is 67.1. The third-order valence-corrected chi connectivity index (χ3v) is 19.3. The molecule has 12 N–H and O–H groups in total. The van der Waals surface area contributed by atoms with Crippen LogP contribution in [-0.2, 0) is 63.8 Å². The summed E-state index contributed by atoms with van der Waals surface area (Å²) < 4.78 is 22.6. The molecule has 0 bridgehead atoms. The van der Waals surface area contributed by atoms with Crippen LogP contribution in [0, 0.1) is 13.8 Å². The fourth-order valence-electron chi connectivity index (χ4n) is 12.6. The van der Waals surface area contributed by atoms with E-state index in [1.54, 1.807) is 126 Å². The highest BCUT2D eigenvalue weighted by molar-refractivity contribution is 6.58. The SMILES string of the molecule is CCOc1ccc(B(O)O)cc1.Cc1ccc(-c2c(-c3ccc4c(=O)[nH]nc(CN)c4c3)cnn2C)cc1.Cc1ccc(-c2c(-c3ccc4c(=O)[nH]nc(CNC(=O)OC(C)(C)C)c4c3)cnn2C)cc1.Cn1ncc(-c2ccc3c(=O)[nH]nc(CN)c3c2)c1Cl.Cn1ncc(-c2ccc3c(=O)[nH]nc(CNC(=O)OC(C)(C)C)c3c2)c1Cl. The fourth-order valence-corrected chi connectivity index (χ4v) is 13.0. The number of H-pyrrole nitrogens is 4. The third-order valence-electron chi connectivity index (χ3n) is 18.4. The molecule has 0 saturated heterocycles. The van der Waals surface area contributed by atoms with Gasteiger partial charge < -0.3 is 46.4 Å². The van der Waals surface area contributed by atoms with E-state index in [1.165, 1.54) is 11.1 Å². The number of amides is 2. The largest absolute Gasteiger partial charge is 0.494 e. The third kappa shape index (κ3) is 20.5. The maximum atomic E-state index is 12.4. The van der Waals surface area contributed by atoms with Crippen LogP contribution in [0.3, 0.4) is 0 Å². The number of hydrogen-bond acceptors (Lipinski definition) is 21. The number of fused-ring (bicyclic) bond motifs is 4.